The Kier molecular flexibility index (Phi) is 4.17. The molecule has 19 heavy (non-hydrogen) atoms. The molecule has 0 aliphatic heterocycles. The summed E-state index contributed by atoms with van der Waals surface area (Å²) in [7, 11) is 0. The van der Waals surface area contributed by atoms with Crippen LogP contribution in [0.2, 0.25) is 0 Å². The molecule has 0 amide bonds. The van der Waals surface area contributed by atoms with Crippen molar-refractivity contribution in [1.82, 2.24) is 4.98 Å². The van der Waals surface area contributed by atoms with E-state index in [0.717, 1.165) is 17.5 Å². The van der Waals surface area contributed by atoms with Crippen LogP contribution in [0.15, 0.2) is 42.6 Å². The van der Waals surface area contributed by atoms with E-state index in [4.69, 9.17) is 11.5 Å². The van der Waals surface area contributed by atoms with Crippen molar-refractivity contribution in [2.45, 2.75) is 32.2 Å². The lowest BCUT2D eigenvalue weighted by atomic mass is 9.96. The maximum Gasteiger partial charge on any atom is 0.123 e. The lowest BCUT2D eigenvalue weighted by molar-refractivity contribution is 0.720. The van der Waals surface area contributed by atoms with E-state index >= 15 is 0 Å². The van der Waals surface area contributed by atoms with Crippen molar-refractivity contribution >= 4 is 5.82 Å². The smallest absolute Gasteiger partial charge is 0.123 e. The van der Waals surface area contributed by atoms with E-state index in [1.807, 2.05) is 12.1 Å². The Morgan fingerprint density at radius 2 is 1.68 bits per heavy atom. The second-order valence-corrected chi connectivity index (χ2v) is 5.22. The molecule has 2 aromatic rings. The molecule has 2 rings (SSSR count). The molecular weight excluding hydrogens is 234 g/mol. The molecule has 1 heterocycles. The molecule has 4 N–H and O–H groups in total. The standard InChI is InChI=1S/C16H21N3/c1-11(2)13-3-5-14(6-4-13)15(17)9-12-7-8-19-16(18)10-12/h3-8,10-11,15H,9,17H2,1-2H3,(H2,18,19). The first-order valence-electron chi connectivity index (χ1n) is 6.62. The van der Waals surface area contributed by atoms with E-state index in [0.29, 0.717) is 11.7 Å². The number of nitrogen functional groups attached to an aromatic ring is 1. The fraction of sp³-hybridized carbons (Fsp3) is 0.312. The number of pyridine rings is 1. The summed E-state index contributed by atoms with van der Waals surface area (Å²) < 4.78 is 0. The summed E-state index contributed by atoms with van der Waals surface area (Å²) in [6.07, 6.45) is 2.49. The summed E-state index contributed by atoms with van der Waals surface area (Å²) in [5.41, 5.74) is 15.5. The van der Waals surface area contributed by atoms with Crippen molar-refractivity contribution in [1.29, 1.82) is 0 Å². The highest BCUT2D eigenvalue weighted by molar-refractivity contribution is 5.34. The molecule has 0 saturated heterocycles. The van der Waals surface area contributed by atoms with Crippen LogP contribution in [-0.2, 0) is 6.42 Å². The van der Waals surface area contributed by atoms with E-state index in [9.17, 15) is 0 Å². The first kappa shape index (κ1) is 13.6. The second kappa shape index (κ2) is 5.85. The minimum Gasteiger partial charge on any atom is -0.384 e. The number of benzene rings is 1. The molecule has 1 aromatic heterocycles. The Balaban J connectivity index is 2.09. The van der Waals surface area contributed by atoms with Crippen LogP contribution in [0.25, 0.3) is 0 Å². The van der Waals surface area contributed by atoms with Gasteiger partial charge < -0.3 is 11.5 Å². The molecule has 1 atom stereocenters. The van der Waals surface area contributed by atoms with Gasteiger partial charge in [0.1, 0.15) is 5.82 Å². The highest BCUT2D eigenvalue weighted by Crippen LogP contribution is 2.20. The van der Waals surface area contributed by atoms with Gasteiger partial charge in [0.15, 0.2) is 0 Å². The number of nitrogens with zero attached hydrogens (tertiary/aromatic N) is 1. The third-order valence-electron chi connectivity index (χ3n) is 3.33. The van der Waals surface area contributed by atoms with Crippen LogP contribution >= 0.6 is 0 Å². The third kappa shape index (κ3) is 3.55. The fourth-order valence-corrected chi connectivity index (χ4v) is 2.12. The molecule has 1 unspecified atom stereocenters. The van der Waals surface area contributed by atoms with E-state index in [1.54, 1.807) is 6.20 Å². The fourth-order valence-electron chi connectivity index (χ4n) is 2.12. The Bertz CT molecular complexity index is 532. The van der Waals surface area contributed by atoms with Crippen molar-refractivity contribution in [3.8, 4) is 0 Å². The first-order valence-corrected chi connectivity index (χ1v) is 6.62. The van der Waals surface area contributed by atoms with Crippen molar-refractivity contribution < 1.29 is 0 Å². The largest absolute Gasteiger partial charge is 0.384 e. The first-order chi connectivity index (χ1) is 9.06. The highest BCUT2D eigenvalue weighted by Gasteiger charge is 2.08. The normalized spacial score (nSPS) is 12.6. The molecule has 0 radical (unpaired) electrons. The predicted molar refractivity (Wildman–Crippen MR) is 79.8 cm³/mol. The lowest BCUT2D eigenvalue weighted by Crippen LogP contribution is -2.13. The summed E-state index contributed by atoms with van der Waals surface area (Å²) in [6, 6.07) is 12.4. The van der Waals surface area contributed by atoms with Gasteiger partial charge in [-0.15, -0.1) is 0 Å². The Hall–Kier alpha value is -1.87. The molecule has 0 spiro atoms. The van der Waals surface area contributed by atoms with Crippen molar-refractivity contribution in [3.05, 3.63) is 59.3 Å². The van der Waals surface area contributed by atoms with Crippen LogP contribution in [0, 0.1) is 0 Å². The minimum atomic E-state index is -0.0111. The third-order valence-corrected chi connectivity index (χ3v) is 3.33. The number of hydrogen-bond acceptors (Lipinski definition) is 3. The molecule has 3 nitrogen and oxygen atoms in total. The van der Waals surface area contributed by atoms with Crippen LogP contribution < -0.4 is 11.5 Å². The predicted octanol–water partition coefficient (Wildman–Crippen LogP) is 3.03. The zero-order chi connectivity index (χ0) is 13.8. The molecule has 0 saturated carbocycles. The van der Waals surface area contributed by atoms with E-state index in [2.05, 4.69) is 43.1 Å². The summed E-state index contributed by atoms with van der Waals surface area (Å²) in [4.78, 5) is 3.99. The number of anilines is 1. The van der Waals surface area contributed by atoms with Crippen molar-refractivity contribution in [3.63, 3.8) is 0 Å². The molecule has 0 bridgehead atoms. The Morgan fingerprint density at radius 3 is 2.26 bits per heavy atom. The van der Waals surface area contributed by atoms with Gasteiger partial charge >= 0.3 is 0 Å². The average molecular weight is 255 g/mol. The van der Waals surface area contributed by atoms with E-state index in [-0.39, 0.29) is 6.04 Å². The number of rotatable bonds is 4. The number of hydrogen-bond donors (Lipinski definition) is 2. The second-order valence-electron chi connectivity index (χ2n) is 5.22. The zero-order valence-electron chi connectivity index (χ0n) is 11.5. The molecule has 0 aliphatic carbocycles. The maximum absolute atomic E-state index is 6.24. The van der Waals surface area contributed by atoms with Gasteiger partial charge in [0.05, 0.1) is 0 Å². The van der Waals surface area contributed by atoms with Crippen LogP contribution in [0.1, 0.15) is 42.5 Å². The lowest BCUT2D eigenvalue weighted by Gasteiger charge is -2.14. The quantitative estimate of drug-likeness (QED) is 0.882. The number of aromatic nitrogens is 1. The van der Waals surface area contributed by atoms with Gasteiger partial charge in [-0.2, -0.15) is 0 Å². The van der Waals surface area contributed by atoms with Gasteiger partial charge in [0.2, 0.25) is 0 Å². The summed E-state index contributed by atoms with van der Waals surface area (Å²) in [5, 5.41) is 0. The molecular formula is C16H21N3. The van der Waals surface area contributed by atoms with Crippen molar-refractivity contribution in [2.24, 2.45) is 5.73 Å². The van der Waals surface area contributed by atoms with Gasteiger partial charge in [-0.3, -0.25) is 0 Å². The van der Waals surface area contributed by atoms with Gasteiger partial charge in [-0.1, -0.05) is 38.1 Å². The minimum absolute atomic E-state index is 0.0111. The summed E-state index contributed by atoms with van der Waals surface area (Å²) in [5.74, 6) is 1.09. The van der Waals surface area contributed by atoms with Gasteiger partial charge in [-0.05, 0) is 41.2 Å². The van der Waals surface area contributed by atoms with Crippen LogP contribution in [0.3, 0.4) is 0 Å². The van der Waals surface area contributed by atoms with E-state index < -0.39 is 0 Å². The topological polar surface area (TPSA) is 64.9 Å². The average Bonchev–Trinajstić information content (AvgIpc) is 2.39. The van der Waals surface area contributed by atoms with Gasteiger partial charge in [0, 0.05) is 12.2 Å². The van der Waals surface area contributed by atoms with Crippen molar-refractivity contribution in [2.75, 3.05) is 5.73 Å². The maximum atomic E-state index is 6.24. The summed E-state index contributed by atoms with van der Waals surface area (Å²) in [6.45, 7) is 4.38. The van der Waals surface area contributed by atoms with Crippen LogP contribution in [0.5, 0.6) is 0 Å². The van der Waals surface area contributed by atoms with E-state index in [1.165, 1.54) is 5.56 Å². The number of nitrogens with two attached hydrogens (primary N) is 2. The molecule has 1 aromatic carbocycles. The molecule has 3 heteroatoms. The van der Waals surface area contributed by atoms with Gasteiger partial charge in [0.25, 0.3) is 0 Å². The van der Waals surface area contributed by atoms with Gasteiger partial charge in [-0.25, -0.2) is 4.98 Å². The monoisotopic (exact) mass is 255 g/mol. The molecule has 100 valence electrons. The zero-order valence-corrected chi connectivity index (χ0v) is 11.5. The SMILES string of the molecule is CC(C)c1ccc(C(N)Cc2ccnc(N)c2)cc1. The Labute approximate surface area is 114 Å². The Morgan fingerprint density at radius 1 is 1.05 bits per heavy atom. The molecule has 0 aliphatic rings. The molecule has 0 fully saturated rings. The highest BCUT2D eigenvalue weighted by atomic mass is 14.8. The van der Waals surface area contributed by atoms with Crippen LogP contribution in [0.4, 0.5) is 5.82 Å². The van der Waals surface area contributed by atoms with Crippen LogP contribution in [-0.4, -0.2) is 4.98 Å². The summed E-state index contributed by atoms with van der Waals surface area (Å²) >= 11 is 0.